The van der Waals surface area contributed by atoms with Crippen LogP contribution in [-0.4, -0.2) is 18.8 Å². The second-order valence-electron chi connectivity index (χ2n) is 4.20. The Balaban J connectivity index is 1.87. The zero-order valence-corrected chi connectivity index (χ0v) is 11.7. The van der Waals surface area contributed by atoms with Gasteiger partial charge in [-0.05, 0) is 24.3 Å². The third kappa shape index (κ3) is 4.22. The first-order chi connectivity index (χ1) is 10.7. The van der Waals surface area contributed by atoms with E-state index in [9.17, 15) is 9.59 Å². The zero-order valence-electron chi connectivity index (χ0n) is 11.7. The number of anilines is 1. The number of rotatable bonds is 3. The van der Waals surface area contributed by atoms with E-state index in [0.717, 1.165) is 0 Å². The molecule has 0 saturated carbocycles. The highest BCUT2D eigenvalue weighted by Crippen LogP contribution is 2.11. The van der Waals surface area contributed by atoms with Crippen LogP contribution < -0.4 is 26.2 Å². The van der Waals surface area contributed by atoms with Crippen LogP contribution in [0.25, 0.3) is 0 Å². The van der Waals surface area contributed by atoms with E-state index in [1.165, 1.54) is 4.90 Å². The fraction of sp³-hybridized carbons (Fsp3) is 0.0667. The van der Waals surface area contributed by atoms with Crippen molar-refractivity contribution >= 4 is 17.8 Å². The summed E-state index contributed by atoms with van der Waals surface area (Å²) in [5.74, 6) is 0.369. The zero-order chi connectivity index (χ0) is 15.8. The predicted molar refractivity (Wildman–Crippen MR) is 82.1 cm³/mol. The molecule has 0 bridgehead atoms. The van der Waals surface area contributed by atoms with Crippen LogP contribution in [0.5, 0.6) is 5.75 Å². The van der Waals surface area contributed by atoms with Crippen molar-refractivity contribution in [1.29, 1.82) is 0 Å². The van der Waals surface area contributed by atoms with E-state index in [4.69, 9.17) is 10.5 Å². The monoisotopic (exact) mass is 300 g/mol. The molecular formula is C15H16N4O3. The van der Waals surface area contributed by atoms with E-state index in [2.05, 4.69) is 10.9 Å². The van der Waals surface area contributed by atoms with E-state index in [1.807, 2.05) is 6.07 Å². The summed E-state index contributed by atoms with van der Waals surface area (Å²) in [6.07, 6.45) is -0.801. The number of para-hydroxylation sites is 2. The number of hydrazine groups is 1. The Morgan fingerprint density at radius 3 is 2.14 bits per heavy atom. The quantitative estimate of drug-likeness (QED) is 0.595. The van der Waals surface area contributed by atoms with Crippen LogP contribution in [0.3, 0.4) is 0 Å². The fourth-order valence-corrected chi connectivity index (χ4v) is 1.71. The van der Waals surface area contributed by atoms with Crippen LogP contribution >= 0.6 is 0 Å². The van der Waals surface area contributed by atoms with Crippen LogP contribution in [0, 0.1) is 0 Å². The van der Waals surface area contributed by atoms with Crippen molar-refractivity contribution < 1.29 is 14.3 Å². The molecule has 0 atom stereocenters. The van der Waals surface area contributed by atoms with Gasteiger partial charge in [-0.2, -0.15) is 0 Å². The Bertz CT molecular complexity index is 619. The Labute approximate surface area is 127 Å². The standard InChI is InChI=1S/C15H16N4O3/c16-11-19(12-7-3-1-4-8-12)14(20)17-18-15(21)22-13-9-5-2-6-10-13/h1-10H,11,16H2,(H,17,20)(H,18,21). The third-order valence-electron chi connectivity index (χ3n) is 2.72. The molecular weight excluding hydrogens is 284 g/mol. The van der Waals surface area contributed by atoms with Gasteiger partial charge in [0.2, 0.25) is 0 Å². The minimum Gasteiger partial charge on any atom is -0.409 e. The summed E-state index contributed by atoms with van der Waals surface area (Å²) in [7, 11) is 0. The molecule has 0 unspecified atom stereocenters. The van der Waals surface area contributed by atoms with Gasteiger partial charge in [-0.3, -0.25) is 4.90 Å². The molecule has 0 aliphatic carbocycles. The van der Waals surface area contributed by atoms with Gasteiger partial charge in [0.05, 0.1) is 6.67 Å². The van der Waals surface area contributed by atoms with Gasteiger partial charge in [0.1, 0.15) is 5.75 Å². The minimum atomic E-state index is -0.801. The van der Waals surface area contributed by atoms with E-state index >= 15 is 0 Å². The number of nitrogens with zero attached hydrogens (tertiary/aromatic N) is 1. The van der Waals surface area contributed by atoms with Crippen molar-refractivity contribution in [2.45, 2.75) is 0 Å². The number of nitrogens with one attached hydrogen (secondary N) is 2. The number of ether oxygens (including phenoxy) is 1. The maximum atomic E-state index is 12.0. The highest BCUT2D eigenvalue weighted by molar-refractivity contribution is 5.92. The number of carbonyl (C=O) groups excluding carboxylic acids is 2. The van der Waals surface area contributed by atoms with Gasteiger partial charge in [0.15, 0.2) is 0 Å². The average Bonchev–Trinajstić information content (AvgIpc) is 2.55. The summed E-state index contributed by atoms with van der Waals surface area (Å²) in [6.45, 7) is -0.0364. The second kappa shape index (κ2) is 7.65. The van der Waals surface area contributed by atoms with Gasteiger partial charge in [0.25, 0.3) is 0 Å². The molecule has 0 aliphatic rings. The van der Waals surface area contributed by atoms with E-state index in [1.54, 1.807) is 54.6 Å². The van der Waals surface area contributed by atoms with Gasteiger partial charge in [-0.15, -0.1) is 0 Å². The van der Waals surface area contributed by atoms with Crippen molar-refractivity contribution in [1.82, 2.24) is 10.9 Å². The fourth-order valence-electron chi connectivity index (χ4n) is 1.71. The third-order valence-corrected chi connectivity index (χ3v) is 2.72. The SMILES string of the molecule is NCN(C(=O)NNC(=O)Oc1ccccc1)c1ccccc1. The van der Waals surface area contributed by atoms with Gasteiger partial charge < -0.3 is 10.5 Å². The highest BCUT2D eigenvalue weighted by atomic mass is 16.6. The summed E-state index contributed by atoms with van der Waals surface area (Å²) in [6, 6.07) is 16.8. The Kier molecular flexibility index (Phi) is 5.33. The lowest BCUT2D eigenvalue weighted by Gasteiger charge is -2.21. The maximum Gasteiger partial charge on any atom is 0.431 e. The summed E-state index contributed by atoms with van der Waals surface area (Å²) in [4.78, 5) is 24.8. The first-order valence-electron chi connectivity index (χ1n) is 6.56. The lowest BCUT2D eigenvalue weighted by Crippen LogP contribution is -2.51. The summed E-state index contributed by atoms with van der Waals surface area (Å²) in [5.41, 5.74) is 10.6. The van der Waals surface area contributed by atoms with Gasteiger partial charge in [0, 0.05) is 5.69 Å². The topological polar surface area (TPSA) is 96.7 Å². The molecule has 2 aromatic carbocycles. The molecule has 7 nitrogen and oxygen atoms in total. The van der Waals surface area contributed by atoms with Crippen molar-refractivity contribution in [3.05, 3.63) is 60.7 Å². The van der Waals surface area contributed by atoms with Crippen LogP contribution in [0.4, 0.5) is 15.3 Å². The van der Waals surface area contributed by atoms with Crippen molar-refractivity contribution in [3.63, 3.8) is 0 Å². The van der Waals surface area contributed by atoms with Crippen molar-refractivity contribution in [2.75, 3.05) is 11.6 Å². The number of amides is 3. The van der Waals surface area contributed by atoms with Gasteiger partial charge in [-0.25, -0.2) is 20.4 Å². The molecule has 0 aromatic heterocycles. The largest absolute Gasteiger partial charge is 0.431 e. The number of hydrogen-bond acceptors (Lipinski definition) is 4. The maximum absolute atomic E-state index is 12.0. The molecule has 114 valence electrons. The predicted octanol–water partition coefficient (Wildman–Crippen LogP) is 1.82. The Morgan fingerprint density at radius 2 is 1.55 bits per heavy atom. The molecule has 4 N–H and O–H groups in total. The normalized spacial score (nSPS) is 9.68. The van der Waals surface area contributed by atoms with E-state index in [-0.39, 0.29) is 6.67 Å². The van der Waals surface area contributed by atoms with Crippen molar-refractivity contribution in [2.24, 2.45) is 5.73 Å². The summed E-state index contributed by atoms with van der Waals surface area (Å²) in [5, 5.41) is 0. The number of nitrogens with two attached hydrogens (primary N) is 1. The van der Waals surface area contributed by atoms with Crippen LogP contribution in [0.15, 0.2) is 60.7 Å². The number of benzene rings is 2. The number of carbonyl (C=O) groups is 2. The summed E-state index contributed by atoms with van der Waals surface area (Å²) < 4.78 is 4.97. The molecule has 7 heteroatoms. The Morgan fingerprint density at radius 1 is 0.955 bits per heavy atom. The van der Waals surface area contributed by atoms with E-state index in [0.29, 0.717) is 11.4 Å². The lowest BCUT2D eigenvalue weighted by molar-refractivity contribution is 0.193. The molecule has 2 rings (SSSR count). The van der Waals surface area contributed by atoms with Gasteiger partial charge in [-0.1, -0.05) is 36.4 Å². The average molecular weight is 300 g/mol. The lowest BCUT2D eigenvalue weighted by atomic mass is 10.3. The first kappa shape index (κ1) is 15.3. The number of urea groups is 1. The highest BCUT2D eigenvalue weighted by Gasteiger charge is 2.14. The molecule has 0 aliphatic heterocycles. The first-order valence-corrected chi connectivity index (χ1v) is 6.56. The van der Waals surface area contributed by atoms with Crippen LogP contribution in [0.2, 0.25) is 0 Å². The molecule has 22 heavy (non-hydrogen) atoms. The number of hydrogen-bond donors (Lipinski definition) is 3. The van der Waals surface area contributed by atoms with Crippen LogP contribution in [-0.2, 0) is 0 Å². The molecule has 3 amide bonds. The summed E-state index contributed by atoms with van der Waals surface area (Å²) >= 11 is 0. The molecule has 0 radical (unpaired) electrons. The smallest absolute Gasteiger partial charge is 0.409 e. The Hall–Kier alpha value is -3.06. The second-order valence-corrected chi connectivity index (χ2v) is 4.20. The molecule has 0 spiro atoms. The van der Waals surface area contributed by atoms with Gasteiger partial charge >= 0.3 is 12.1 Å². The molecule has 2 aromatic rings. The van der Waals surface area contributed by atoms with Crippen molar-refractivity contribution in [3.8, 4) is 5.75 Å². The molecule has 0 saturated heterocycles. The molecule has 0 heterocycles. The molecule has 0 fully saturated rings. The van der Waals surface area contributed by atoms with Crippen LogP contribution in [0.1, 0.15) is 0 Å². The van der Waals surface area contributed by atoms with E-state index < -0.39 is 12.1 Å². The minimum absolute atomic E-state index is 0.0364.